The molecule has 6 heterocycles. The summed E-state index contributed by atoms with van der Waals surface area (Å²) in [4.78, 5) is 77.5. The quantitative estimate of drug-likeness (QED) is 0.0847. The van der Waals surface area contributed by atoms with E-state index in [1.54, 1.807) is 96.4 Å². The van der Waals surface area contributed by atoms with Crippen LogP contribution in [0.15, 0.2) is 103 Å². The summed E-state index contributed by atoms with van der Waals surface area (Å²) in [5.41, 5.74) is 11.4. The minimum absolute atomic E-state index is 0.0231. The molecule has 4 amide bonds. The number of imidazole rings is 1. The van der Waals surface area contributed by atoms with Crippen LogP contribution in [0.2, 0.25) is 0 Å². The summed E-state index contributed by atoms with van der Waals surface area (Å²) in [6.45, 7) is 0.171. The third kappa shape index (κ3) is 7.72. The monoisotopic (exact) mass is 861 g/mol. The molecule has 0 spiro atoms. The Bertz CT molecular complexity index is 3080. The predicted octanol–water partition coefficient (Wildman–Crippen LogP) is 5.92. The number of methoxy groups -OCH3 is 1. The van der Waals surface area contributed by atoms with Gasteiger partial charge in [-0.25, -0.2) is 4.98 Å². The fraction of sp³-hybridized carbons (Fsp3) is 0.196. The summed E-state index contributed by atoms with van der Waals surface area (Å²) in [5.74, 6) is -0.838. The molecule has 3 aromatic carbocycles. The molecule has 4 aromatic heterocycles. The normalized spacial score (nSPS) is 13.8. The maximum Gasteiger partial charge on any atom is 0.291 e. The lowest BCUT2D eigenvalue weighted by atomic mass is 10.1. The summed E-state index contributed by atoms with van der Waals surface area (Å²) in [7, 11) is 6.50. The van der Waals surface area contributed by atoms with E-state index >= 15 is 0 Å². The minimum atomic E-state index is -0.564. The van der Waals surface area contributed by atoms with Crippen molar-refractivity contribution in [3.8, 4) is 11.5 Å². The smallest absolute Gasteiger partial charge is 0.291 e. The van der Waals surface area contributed by atoms with Crippen LogP contribution in [0.25, 0.3) is 10.9 Å². The number of hydrogen-bond donors (Lipinski definition) is 4. The number of anilines is 5. The molecular weight excluding hydrogens is 819 g/mol. The van der Waals surface area contributed by atoms with Crippen LogP contribution in [0.1, 0.15) is 60.4 Å². The molecule has 64 heavy (non-hydrogen) atoms. The molecule has 2 aliphatic rings. The van der Waals surface area contributed by atoms with E-state index in [4.69, 9.17) is 15.2 Å². The molecular formula is C46H43N11O7. The van der Waals surface area contributed by atoms with Crippen molar-refractivity contribution < 1.29 is 33.4 Å². The first kappa shape index (κ1) is 41.0. The van der Waals surface area contributed by atoms with Crippen LogP contribution in [0.5, 0.6) is 11.5 Å². The number of aryl methyl sites for hydroxylation is 3. The number of aliphatic imine (C=N–C) groups is 1. The standard InChI is InChI=1S/C46H43N11O7/c1-53-23-29(18-36(53)43(59)49-30-19-37(54(2)24-30)46(62)56-14-13-27-16-28(47)11-12-34(27)56)50-44(60)42-52-40(25-55(42)3)51-41(58)10-7-15-64-39-21-33-32(20-38(39)63-4)45(61)57-31(22-48-33)17-26-8-5-6-9-35(26)57/h5-6,8-9,11-14,16,18-25,31H,7,10,15,17,47H2,1-4H3,(H,49,59)(H,50,60)(H,51,58). The number of ether oxygens (including phenoxy) is 2. The van der Waals surface area contributed by atoms with E-state index in [1.807, 2.05) is 30.3 Å². The number of nitrogen functional groups attached to an aromatic ring is 1. The maximum absolute atomic E-state index is 13.7. The number of carbonyl (C=O) groups excluding carboxylic acids is 5. The van der Waals surface area contributed by atoms with Gasteiger partial charge in [0, 0.05) is 87.8 Å². The lowest BCUT2D eigenvalue weighted by molar-refractivity contribution is -0.116. The molecule has 0 aliphatic carbocycles. The van der Waals surface area contributed by atoms with Crippen molar-refractivity contribution in [1.82, 2.24) is 23.3 Å². The zero-order valence-electron chi connectivity index (χ0n) is 35.3. The minimum Gasteiger partial charge on any atom is -0.493 e. The number of hydrogen-bond acceptors (Lipinski definition) is 10. The van der Waals surface area contributed by atoms with Crippen LogP contribution in [0, 0.1) is 0 Å². The number of carbonyl (C=O) groups is 5. The Balaban J connectivity index is 0.773. The first-order valence-electron chi connectivity index (χ1n) is 20.4. The molecule has 0 saturated heterocycles. The van der Waals surface area contributed by atoms with Crippen LogP contribution >= 0.6 is 0 Å². The molecule has 7 aromatic rings. The molecule has 18 heteroatoms. The van der Waals surface area contributed by atoms with Crippen LogP contribution in [0.3, 0.4) is 0 Å². The number of amides is 4. The van der Waals surface area contributed by atoms with Gasteiger partial charge in [-0.15, -0.1) is 0 Å². The van der Waals surface area contributed by atoms with Crippen LogP contribution in [-0.4, -0.2) is 78.8 Å². The number of nitrogens with two attached hydrogens (primary N) is 1. The van der Waals surface area contributed by atoms with Crippen LogP contribution in [0.4, 0.5) is 34.3 Å². The van der Waals surface area contributed by atoms with E-state index < -0.39 is 11.8 Å². The molecule has 1 atom stereocenters. The predicted molar refractivity (Wildman–Crippen MR) is 241 cm³/mol. The third-order valence-electron chi connectivity index (χ3n) is 11.2. The average Bonchev–Trinajstić information content (AvgIpc) is 4.09. The largest absolute Gasteiger partial charge is 0.493 e. The Kier molecular flexibility index (Phi) is 10.5. The molecule has 1 unspecified atom stereocenters. The highest BCUT2D eigenvalue weighted by Gasteiger charge is 2.36. The number of rotatable bonds is 12. The molecule has 0 saturated carbocycles. The highest BCUT2D eigenvalue weighted by molar-refractivity contribution is 6.15. The molecule has 2 aliphatic heterocycles. The van der Waals surface area contributed by atoms with E-state index in [0.717, 1.165) is 16.6 Å². The van der Waals surface area contributed by atoms with E-state index in [9.17, 15) is 24.0 Å². The Morgan fingerprint density at radius 3 is 2.38 bits per heavy atom. The Morgan fingerprint density at radius 1 is 0.828 bits per heavy atom. The second-order valence-corrected chi connectivity index (χ2v) is 15.6. The van der Waals surface area contributed by atoms with Gasteiger partial charge in [0.15, 0.2) is 17.3 Å². The van der Waals surface area contributed by atoms with E-state index in [2.05, 4.69) is 25.9 Å². The molecule has 324 valence electrons. The van der Waals surface area contributed by atoms with Crippen molar-refractivity contribution >= 4 is 80.9 Å². The number of fused-ring (bicyclic) bond motifs is 5. The summed E-state index contributed by atoms with van der Waals surface area (Å²) in [5, 5.41) is 9.15. The molecule has 9 rings (SSSR count). The van der Waals surface area contributed by atoms with Crippen molar-refractivity contribution in [1.29, 1.82) is 0 Å². The van der Waals surface area contributed by atoms with E-state index in [1.165, 1.54) is 28.5 Å². The SMILES string of the molecule is COc1cc2c(cc1OCCCC(=O)Nc1cn(C)c(C(=O)Nc3cc(C(=O)Nc4cc(C(=O)n5ccc6cc(N)ccc65)n(C)c4)n(C)c3)n1)N=CC1Cc3ccccc3N1C2=O. The Labute approximate surface area is 365 Å². The van der Waals surface area contributed by atoms with Gasteiger partial charge in [0.05, 0.1) is 47.9 Å². The van der Waals surface area contributed by atoms with E-state index in [0.29, 0.717) is 63.9 Å². The molecule has 5 N–H and O–H groups in total. The molecule has 0 radical (unpaired) electrons. The van der Waals surface area contributed by atoms with E-state index in [-0.39, 0.29) is 54.1 Å². The lowest BCUT2D eigenvalue weighted by Gasteiger charge is -2.22. The van der Waals surface area contributed by atoms with Gasteiger partial charge >= 0.3 is 0 Å². The van der Waals surface area contributed by atoms with Crippen molar-refractivity contribution in [2.75, 3.05) is 40.3 Å². The van der Waals surface area contributed by atoms with Crippen molar-refractivity contribution in [2.45, 2.75) is 25.3 Å². The highest BCUT2D eigenvalue weighted by Crippen LogP contribution is 2.41. The van der Waals surface area contributed by atoms with Gasteiger partial charge < -0.3 is 44.9 Å². The summed E-state index contributed by atoms with van der Waals surface area (Å²) < 4.78 is 17.8. The zero-order chi connectivity index (χ0) is 44.8. The topological polar surface area (TPSA) is 214 Å². The number of nitrogens with zero attached hydrogens (tertiary/aromatic N) is 7. The molecule has 18 nitrogen and oxygen atoms in total. The van der Waals surface area contributed by atoms with Gasteiger partial charge in [-0.2, -0.15) is 0 Å². The van der Waals surface area contributed by atoms with Gasteiger partial charge in [-0.05, 0) is 60.5 Å². The first-order valence-corrected chi connectivity index (χ1v) is 20.4. The fourth-order valence-corrected chi connectivity index (χ4v) is 8.09. The van der Waals surface area contributed by atoms with Crippen LogP contribution in [-0.2, 0) is 32.4 Å². The average molecular weight is 862 g/mol. The van der Waals surface area contributed by atoms with Gasteiger partial charge in [-0.1, -0.05) is 18.2 Å². The zero-order valence-corrected chi connectivity index (χ0v) is 35.3. The number of nitrogens with one attached hydrogen (secondary N) is 3. The second-order valence-electron chi connectivity index (χ2n) is 15.6. The van der Waals surface area contributed by atoms with Gasteiger partial charge in [0.1, 0.15) is 11.4 Å². The highest BCUT2D eigenvalue weighted by atomic mass is 16.5. The van der Waals surface area contributed by atoms with Gasteiger partial charge in [0.25, 0.3) is 23.6 Å². The Morgan fingerprint density at radius 2 is 1.58 bits per heavy atom. The Hall–Kier alpha value is -8.41. The maximum atomic E-state index is 13.7. The number of benzene rings is 3. The molecule has 0 bridgehead atoms. The van der Waals surface area contributed by atoms with Crippen LogP contribution < -0.4 is 36.1 Å². The summed E-state index contributed by atoms with van der Waals surface area (Å²) in [6.07, 6.45) is 9.33. The van der Waals surface area contributed by atoms with Gasteiger partial charge in [0.2, 0.25) is 11.7 Å². The fourth-order valence-electron chi connectivity index (χ4n) is 8.09. The molecule has 0 fully saturated rings. The number of aromatic nitrogens is 5. The van der Waals surface area contributed by atoms with Crippen molar-refractivity contribution in [2.24, 2.45) is 26.1 Å². The first-order chi connectivity index (χ1) is 30.8. The third-order valence-corrected chi connectivity index (χ3v) is 11.2. The van der Waals surface area contributed by atoms with Gasteiger partial charge in [-0.3, -0.25) is 38.4 Å². The van der Waals surface area contributed by atoms with Crippen molar-refractivity contribution in [3.63, 3.8) is 0 Å². The second kappa shape index (κ2) is 16.5. The summed E-state index contributed by atoms with van der Waals surface area (Å²) >= 11 is 0. The van der Waals surface area contributed by atoms with Crippen molar-refractivity contribution in [3.05, 3.63) is 126 Å². The summed E-state index contributed by atoms with van der Waals surface area (Å²) in [6, 6.07) is 21.2. The lowest BCUT2D eigenvalue weighted by Crippen LogP contribution is -2.37. The number of para-hydroxylation sites is 1.